The Morgan fingerprint density at radius 3 is 2.76 bits per heavy atom. The number of fused-ring (bicyclic) bond motifs is 1. The maximum absolute atomic E-state index is 12.5. The number of H-pyrrole nitrogens is 1. The topological polar surface area (TPSA) is 87.2 Å². The quantitative estimate of drug-likeness (QED) is 0.779. The number of aromatic amines is 1. The van der Waals surface area contributed by atoms with Gasteiger partial charge in [-0.15, -0.1) is 0 Å². The summed E-state index contributed by atoms with van der Waals surface area (Å²) < 4.78 is 38.0. The van der Waals surface area contributed by atoms with Gasteiger partial charge in [-0.05, 0) is 30.0 Å². The van der Waals surface area contributed by atoms with Crippen LogP contribution < -0.4 is 21.5 Å². The first kappa shape index (κ1) is 20.7. The average molecular weight is 410 g/mol. The van der Waals surface area contributed by atoms with Crippen LogP contribution in [0.15, 0.2) is 34.0 Å². The van der Waals surface area contributed by atoms with Gasteiger partial charge in [0.25, 0.3) is 5.56 Å². The third kappa shape index (κ3) is 5.27. The summed E-state index contributed by atoms with van der Waals surface area (Å²) in [6.07, 6.45) is -1.73. The maximum atomic E-state index is 12.5. The number of nitrogens with one attached hydrogen (secondary N) is 2. The Morgan fingerprint density at radius 1 is 1.28 bits per heavy atom. The van der Waals surface area contributed by atoms with Gasteiger partial charge >= 0.3 is 11.9 Å². The number of rotatable bonds is 5. The molecule has 0 saturated carbocycles. The fraction of sp³-hybridized carbons (Fsp3) is 0.421. The first-order valence-electron chi connectivity index (χ1n) is 9.11. The van der Waals surface area contributed by atoms with Crippen LogP contribution in [0, 0.1) is 0 Å². The highest BCUT2D eigenvalue weighted by Gasteiger charge is 2.28. The Labute approximate surface area is 164 Å². The molecule has 29 heavy (non-hydrogen) atoms. The first-order valence-corrected chi connectivity index (χ1v) is 9.11. The standard InChI is InChI=1S/C19H21F3N4O3/c1-25-6-2-3-13-7-12(4-5-15(13)25)8-16(27)23-9-14-10-26(11-19(20,21)22)18(29)24-17(14)28/h4-5,7,10H,2-3,6,8-9,11H2,1H3,(H,23,27)(H,24,28,29). The van der Waals surface area contributed by atoms with Crippen LogP contribution >= 0.6 is 0 Å². The molecular formula is C19H21F3N4O3. The van der Waals surface area contributed by atoms with Gasteiger partial charge in [0.1, 0.15) is 6.54 Å². The van der Waals surface area contributed by atoms with Crippen LogP contribution in [0.2, 0.25) is 0 Å². The number of hydrogen-bond donors (Lipinski definition) is 2. The highest BCUT2D eigenvalue weighted by Crippen LogP contribution is 2.26. The highest BCUT2D eigenvalue weighted by molar-refractivity contribution is 5.78. The molecule has 0 aliphatic carbocycles. The van der Waals surface area contributed by atoms with Crippen LogP contribution in [0.5, 0.6) is 0 Å². The van der Waals surface area contributed by atoms with Gasteiger partial charge in [-0.25, -0.2) is 4.79 Å². The molecule has 0 atom stereocenters. The molecule has 2 N–H and O–H groups in total. The van der Waals surface area contributed by atoms with Crippen molar-refractivity contribution in [3.63, 3.8) is 0 Å². The Balaban J connectivity index is 1.66. The van der Waals surface area contributed by atoms with Crippen LogP contribution in [0.25, 0.3) is 0 Å². The summed E-state index contributed by atoms with van der Waals surface area (Å²) in [5.74, 6) is -0.373. The van der Waals surface area contributed by atoms with E-state index in [-0.39, 0.29) is 24.4 Å². The summed E-state index contributed by atoms with van der Waals surface area (Å²) in [4.78, 5) is 39.5. The number of carbonyl (C=O) groups excluding carboxylic acids is 1. The van der Waals surface area contributed by atoms with E-state index in [1.54, 1.807) is 0 Å². The molecule has 0 fully saturated rings. The van der Waals surface area contributed by atoms with E-state index in [1.807, 2.05) is 30.2 Å². The molecule has 0 radical (unpaired) electrons. The van der Waals surface area contributed by atoms with Crippen molar-refractivity contribution in [2.45, 2.75) is 38.5 Å². The summed E-state index contributed by atoms with van der Waals surface area (Å²) in [6.45, 7) is -0.815. The first-order chi connectivity index (χ1) is 13.6. The van der Waals surface area contributed by atoms with E-state index in [2.05, 4.69) is 10.2 Å². The molecule has 1 aromatic heterocycles. The SMILES string of the molecule is CN1CCCc2cc(CC(=O)NCc3cn(CC(F)(F)F)c(=O)[nH]c3=O)ccc21. The fourth-order valence-corrected chi connectivity index (χ4v) is 3.38. The van der Waals surface area contributed by atoms with Crippen molar-refractivity contribution in [2.24, 2.45) is 0 Å². The smallest absolute Gasteiger partial charge is 0.374 e. The second-order valence-electron chi connectivity index (χ2n) is 7.10. The number of alkyl halides is 3. The summed E-state index contributed by atoms with van der Waals surface area (Å²) >= 11 is 0. The van der Waals surface area contributed by atoms with Crippen LogP contribution in [-0.2, 0) is 30.7 Å². The molecule has 0 bridgehead atoms. The van der Waals surface area contributed by atoms with Crippen molar-refractivity contribution in [1.29, 1.82) is 0 Å². The number of halogens is 3. The lowest BCUT2D eigenvalue weighted by Gasteiger charge is -2.27. The van der Waals surface area contributed by atoms with Gasteiger partial charge in [0.15, 0.2) is 0 Å². The minimum Gasteiger partial charge on any atom is -0.374 e. The molecule has 2 heterocycles. The normalized spacial score (nSPS) is 13.9. The lowest BCUT2D eigenvalue weighted by Crippen LogP contribution is -2.37. The third-order valence-electron chi connectivity index (χ3n) is 4.77. The minimum atomic E-state index is -4.61. The molecule has 7 nitrogen and oxygen atoms in total. The van der Waals surface area contributed by atoms with Gasteiger partial charge in [-0.2, -0.15) is 13.2 Å². The zero-order valence-electron chi connectivity index (χ0n) is 15.8. The number of amides is 1. The van der Waals surface area contributed by atoms with E-state index in [0.29, 0.717) is 4.57 Å². The van der Waals surface area contributed by atoms with Crippen LogP contribution in [-0.4, -0.2) is 35.2 Å². The number of carbonyl (C=O) groups is 1. The Morgan fingerprint density at radius 2 is 2.03 bits per heavy atom. The molecular weight excluding hydrogens is 389 g/mol. The van der Waals surface area contributed by atoms with Gasteiger partial charge in [0.05, 0.1) is 12.0 Å². The zero-order chi connectivity index (χ0) is 21.2. The molecule has 1 amide bonds. The van der Waals surface area contributed by atoms with Crippen molar-refractivity contribution in [1.82, 2.24) is 14.9 Å². The Hall–Kier alpha value is -3.04. The van der Waals surface area contributed by atoms with Crippen LogP contribution in [0.3, 0.4) is 0 Å². The monoisotopic (exact) mass is 410 g/mol. The zero-order valence-corrected chi connectivity index (χ0v) is 15.8. The number of aromatic nitrogens is 2. The van der Waals surface area contributed by atoms with Crippen LogP contribution in [0.4, 0.5) is 18.9 Å². The van der Waals surface area contributed by atoms with E-state index in [9.17, 15) is 27.6 Å². The van der Waals surface area contributed by atoms with Crippen molar-refractivity contribution < 1.29 is 18.0 Å². The third-order valence-corrected chi connectivity index (χ3v) is 4.77. The molecule has 0 unspecified atom stereocenters. The van der Waals surface area contributed by atoms with Gasteiger partial charge in [0.2, 0.25) is 5.91 Å². The van der Waals surface area contributed by atoms with Crippen molar-refractivity contribution in [3.05, 3.63) is 61.9 Å². The molecule has 2 aromatic rings. The Kier molecular flexibility index (Phi) is 5.81. The largest absolute Gasteiger partial charge is 0.406 e. The van der Waals surface area contributed by atoms with E-state index in [0.717, 1.165) is 36.8 Å². The fourth-order valence-electron chi connectivity index (χ4n) is 3.38. The Bertz CT molecular complexity index is 1030. The lowest BCUT2D eigenvalue weighted by atomic mass is 9.98. The molecule has 1 aliphatic heterocycles. The molecule has 156 valence electrons. The summed E-state index contributed by atoms with van der Waals surface area (Å²) in [6, 6.07) is 5.80. The van der Waals surface area contributed by atoms with Crippen molar-refractivity contribution in [2.75, 3.05) is 18.5 Å². The average Bonchev–Trinajstić information content (AvgIpc) is 2.62. The minimum absolute atomic E-state index is 0.0804. The predicted molar refractivity (Wildman–Crippen MR) is 101 cm³/mol. The van der Waals surface area contributed by atoms with Gasteiger partial charge < -0.3 is 10.2 Å². The van der Waals surface area contributed by atoms with Crippen molar-refractivity contribution in [3.8, 4) is 0 Å². The van der Waals surface area contributed by atoms with E-state index in [4.69, 9.17) is 0 Å². The maximum Gasteiger partial charge on any atom is 0.406 e. The van der Waals surface area contributed by atoms with Crippen molar-refractivity contribution >= 4 is 11.6 Å². The summed E-state index contributed by atoms with van der Waals surface area (Å²) in [7, 11) is 2.01. The molecule has 10 heteroatoms. The van der Waals surface area contributed by atoms with Gasteiger partial charge in [-0.3, -0.25) is 19.1 Å². The number of benzene rings is 1. The number of nitrogens with zero attached hydrogens (tertiary/aromatic N) is 2. The highest BCUT2D eigenvalue weighted by atomic mass is 19.4. The molecule has 0 saturated heterocycles. The second-order valence-corrected chi connectivity index (χ2v) is 7.10. The summed E-state index contributed by atoms with van der Waals surface area (Å²) in [5, 5.41) is 2.52. The molecule has 3 rings (SSSR count). The van der Waals surface area contributed by atoms with Crippen LogP contribution in [0.1, 0.15) is 23.1 Å². The lowest BCUT2D eigenvalue weighted by molar-refractivity contribution is -0.141. The predicted octanol–water partition coefficient (Wildman–Crippen LogP) is 1.34. The van der Waals surface area contributed by atoms with E-state index in [1.165, 1.54) is 5.56 Å². The van der Waals surface area contributed by atoms with E-state index < -0.39 is 24.0 Å². The molecule has 1 aliphatic rings. The van der Waals surface area contributed by atoms with Gasteiger partial charge in [-0.1, -0.05) is 12.1 Å². The molecule has 0 spiro atoms. The number of hydrogen-bond acceptors (Lipinski definition) is 4. The molecule has 1 aromatic carbocycles. The summed E-state index contributed by atoms with van der Waals surface area (Å²) in [5.41, 5.74) is 1.01. The number of anilines is 1. The second kappa shape index (κ2) is 8.14. The number of aryl methyl sites for hydroxylation is 1. The van der Waals surface area contributed by atoms with E-state index >= 15 is 0 Å². The van der Waals surface area contributed by atoms with Gasteiger partial charge in [0, 0.05) is 32.0 Å².